The first-order chi connectivity index (χ1) is 7.15. The number of aryl methyl sites for hydroxylation is 1. The van der Waals surface area contributed by atoms with Crippen LogP contribution in [0.25, 0.3) is 0 Å². The van der Waals surface area contributed by atoms with Crippen LogP contribution in [0.1, 0.15) is 43.1 Å². The highest BCUT2D eigenvalue weighted by molar-refractivity contribution is 6.17. The third-order valence-corrected chi connectivity index (χ3v) is 3.31. The molecule has 1 heterocycles. The van der Waals surface area contributed by atoms with Crippen molar-refractivity contribution < 1.29 is 0 Å². The Bertz CT molecular complexity index is 434. The van der Waals surface area contributed by atoms with Gasteiger partial charge < -0.3 is 4.57 Å². The van der Waals surface area contributed by atoms with Crippen molar-refractivity contribution in [3.05, 3.63) is 33.2 Å². The number of hydrogen-bond donors (Lipinski definition) is 0. The molecule has 1 aliphatic carbocycles. The topological polar surface area (TPSA) is 22.0 Å². The van der Waals surface area contributed by atoms with Gasteiger partial charge in [0.25, 0.3) is 5.56 Å². The van der Waals surface area contributed by atoms with Crippen molar-refractivity contribution in [2.24, 2.45) is 0 Å². The second kappa shape index (κ2) is 4.01. The highest BCUT2D eigenvalue weighted by Gasteiger charge is 2.19. The van der Waals surface area contributed by atoms with E-state index in [0.29, 0.717) is 5.88 Å². The first-order valence-corrected chi connectivity index (χ1v) is 6.00. The van der Waals surface area contributed by atoms with Crippen LogP contribution in [0.5, 0.6) is 0 Å². The maximum atomic E-state index is 12.1. The smallest absolute Gasteiger partial charge is 0.255 e. The molecular weight excluding hydrogens is 210 g/mol. The highest BCUT2D eigenvalue weighted by atomic mass is 35.5. The van der Waals surface area contributed by atoms with Crippen molar-refractivity contribution in [2.45, 2.75) is 45.0 Å². The van der Waals surface area contributed by atoms with Gasteiger partial charge in [-0.2, -0.15) is 0 Å². The fourth-order valence-electron chi connectivity index (χ4n) is 2.37. The second-order valence-electron chi connectivity index (χ2n) is 4.40. The van der Waals surface area contributed by atoms with Crippen molar-refractivity contribution in [1.29, 1.82) is 0 Å². The molecule has 2 nitrogen and oxygen atoms in total. The van der Waals surface area contributed by atoms with Gasteiger partial charge in [0.2, 0.25) is 0 Å². The summed E-state index contributed by atoms with van der Waals surface area (Å²) < 4.78 is 1.92. The maximum Gasteiger partial charge on any atom is 0.255 e. The maximum absolute atomic E-state index is 12.1. The molecule has 0 aliphatic heterocycles. The Morgan fingerprint density at radius 2 is 2.20 bits per heavy atom. The predicted octanol–water partition coefficient (Wildman–Crippen LogP) is 2.66. The molecule has 0 saturated heterocycles. The first-order valence-electron chi connectivity index (χ1n) is 5.47. The van der Waals surface area contributed by atoms with Gasteiger partial charge in [0.1, 0.15) is 0 Å². The minimum atomic E-state index is 0.0978. The van der Waals surface area contributed by atoms with Gasteiger partial charge in [-0.3, -0.25) is 4.79 Å². The summed E-state index contributed by atoms with van der Waals surface area (Å²) in [6.07, 6.45) is 3.28. The third kappa shape index (κ3) is 1.71. The van der Waals surface area contributed by atoms with Crippen LogP contribution >= 0.6 is 11.6 Å². The normalized spacial score (nSPS) is 14.7. The van der Waals surface area contributed by atoms with E-state index in [0.717, 1.165) is 24.8 Å². The van der Waals surface area contributed by atoms with E-state index in [1.165, 1.54) is 11.3 Å². The minimum absolute atomic E-state index is 0.0978. The van der Waals surface area contributed by atoms with Gasteiger partial charge in [-0.05, 0) is 44.7 Å². The molecule has 3 heteroatoms. The molecule has 1 aromatic heterocycles. The number of hydrogen-bond acceptors (Lipinski definition) is 1. The van der Waals surface area contributed by atoms with Crippen molar-refractivity contribution in [3.8, 4) is 0 Å². The van der Waals surface area contributed by atoms with E-state index in [9.17, 15) is 4.79 Å². The molecular formula is C12H16ClNO. The van der Waals surface area contributed by atoms with Crippen LogP contribution in [-0.2, 0) is 18.7 Å². The van der Waals surface area contributed by atoms with Gasteiger partial charge in [-0.15, -0.1) is 11.6 Å². The minimum Gasteiger partial charge on any atom is -0.310 e. The van der Waals surface area contributed by atoms with Crippen LogP contribution in [0.15, 0.2) is 10.9 Å². The van der Waals surface area contributed by atoms with Crippen molar-refractivity contribution in [3.63, 3.8) is 0 Å². The molecule has 0 aromatic carbocycles. The van der Waals surface area contributed by atoms with Crippen LogP contribution in [-0.4, -0.2) is 4.57 Å². The highest BCUT2D eigenvalue weighted by Crippen LogP contribution is 2.23. The fourth-order valence-corrected chi connectivity index (χ4v) is 2.56. The largest absolute Gasteiger partial charge is 0.310 e. The van der Waals surface area contributed by atoms with Crippen LogP contribution in [0, 0.1) is 0 Å². The molecule has 1 aliphatic rings. The second-order valence-corrected chi connectivity index (χ2v) is 4.66. The SMILES string of the molecule is CC(C)n1c2c(cc(CCl)c1=O)CCC2. The summed E-state index contributed by atoms with van der Waals surface area (Å²) in [5.74, 6) is 0.318. The van der Waals surface area contributed by atoms with E-state index < -0.39 is 0 Å². The lowest BCUT2D eigenvalue weighted by molar-refractivity contribution is 0.551. The number of aromatic nitrogens is 1. The molecule has 15 heavy (non-hydrogen) atoms. The average Bonchev–Trinajstić information content (AvgIpc) is 2.63. The lowest BCUT2D eigenvalue weighted by atomic mass is 10.1. The predicted molar refractivity (Wildman–Crippen MR) is 62.7 cm³/mol. The van der Waals surface area contributed by atoms with Crippen molar-refractivity contribution in [1.82, 2.24) is 4.57 Å². The Morgan fingerprint density at radius 1 is 1.47 bits per heavy atom. The van der Waals surface area contributed by atoms with Gasteiger partial charge in [-0.25, -0.2) is 0 Å². The summed E-state index contributed by atoms with van der Waals surface area (Å²) in [6, 6.07) is 2.23. The van der Waals surface area contributed by atoms with Crippen LogP contribution in [0.3, 0.4) is 0 Å². The molecule has 0 saturated carbocycles. The Morgan fingerprint density at radius 3 is 2.80 bits per heavy atom. The number of fused-ring (bicyclic) bond motifs is 1. The molecule has 0 atom stereocenters. The van der Waals surface area contributed by atoms with Crippen molar-refractivity contribution >= 4 is 11.6 Å². The van der Waals surface area contributed by atoms with Crippen molar-refractivity contribution in [2.75, 3.05) is 0 Å². The molecule has 0 fully saturated rings. The van der Waals surface area contributed by atoms with E-state index in [-0.39, 0.29) is 11.6 Å². The van der Waals surface area contributed by atoms with Crippen LogP contribution in [0.4, 0.5) is 0 Å². The number of nitrogens with zero attached hydrogens (tertiary/aromatic N) is 1. The van der Waals surface area contributed by atoms with E-state index in [4.69, 9.17) is 11.6 Å². The molecule has 0 N–H and O–H groups in total. The molecule has 0 radical (unpaired) electrons. The van der Waals surface area contributed by atoms with Gasteiger partial charge in [0.05, 0.1) is 5.88 Å². The van der Waals surface area contributed by atoms with Gasteiger partial charge in [-0.1, -0.05) is 0 Å². The van der Waals surface area contributed by atoms with E-state index in [1.54, 1.807) is 0 Å². The molecule has 0 unspecified atom stereocenters. The first kappa shape index (κ1) is 10.7. The third-order valence-electron chi connectivity index (χ3n) is 3.02. The summed E-state index contributed by atoms with van der Waals surface area (Å²) in [5.41, 5.74) is 3.38. The van der Waals surface area contributed by atoms with Gasteiger partial charge in [0, 0.05) is 17.3 Å². The molecule has 1 aromatic rings. The summed E-state index contributed by atoms with van der Waals surface area (Å²) in [5, 5.41) is 0. The zero-order chi connectivity index (χ0) is 11.0. The Kier molecular flexibility index (Phi) is 2.87. The molecule has 0 amide bonds. The quantitative estimate of drug-likeness (QED) is 0.710. The van der Waals surface area contributed by atoms with Crippen LogP contribution in [0.2, 0.25) is 0 Å². The fraction of sp³-hybridized carbons (Fsp3) is 0.583. The Hall–Kier alpha value is -0.760. The molecule has 0 spiro atoms. The zero-order valence-corrected chi connectivity index (χ0v) is 9.97. The number of halogens is 1. The standard InChI is InChI=1S/C12H16ClNO/c1-8(2)14-11-5-3-4-9(11)6-10(7-13)12(14)15/h6,8H,3-5,7H2,1-2H3. The lowest BCUT2D eigenvalue weighted by Gasteiger charge is -2.17. The monoisotopic (exact) mass is 225 g/mol. The summed E-state index contributed by atoms with van der Waals surface area (Å²) in [7, 11) is 0. The van der Waals surface area contributed by atoms with Gasteiger partial charge >= 0.3 is 0 Å². The van der Waals surface area contributed by atoms with E-state index in [2.05, 4.69) is 13.8 Å². The number of rotatable bonds is 2. The Balaban J connectivity index is 2.69. The summed E-state index contributed by atoms with van der Waals surface area (Å²) >= 11 is 5.80. The molecule has 82 valence electrons. The zero-order valence-electron chi connectivity index (χ0n) is 9.22. The molecule has 0 bridgehead atoms. The van der Waals surface area contributed by atoms with Crippen LogP contribution < -0.4 is 5.56 Å². The lowest BCUT2D eigenvalue weighted by Crippen LogP contribution is -2.28. The number of alkyl halides is 1. The summed E-state index contributed by atoms with van der Waals surface area (Å²) in [4.78, 5) is 12.1. The summed E-state index contributed by atoms with van der Waals surface area (Å²) in [6.45, 7) is 4.11. The van der Waals surface area contributed by atoms with E-state index >= 15 is 0 Å². The van der Waals surface area contributed by atoms with E-state index in [1.807, 2.05) is 10.6 Å². The Labute approximate surface area is 94.9 Å². The van der Waals surface area contributed by atoms with Gasteiger partial charge in [0.15, 0.2) is 0 Å². The average molecular weight is 226 g/mol. The number of pyridine rings is 1. The molecule has 2 rings (SSSR count).